The first-order valence-corrected chi connectivity index (χ1v) is 8.65. The summed E-state index contributed by atoms with van der Waals surface area (Å²) in [4.78, 5) is 28.9. The zero-order valence-electron chi connectivity index (χ0n) is 13.0. The predicted molar refractivity (Wildman–Crippen MR) is 89.6 cm³/mol. The van der Waals surface area contributed by atoms with Gasteiger partial charge in [0.15, 0.2) is 0 Å². The van der Waals surface area contributed by atoms with Crippen LogP contribution in [0.2, 0.25) is 0 Å². The number of hydrogen-bond acceptors (Lipinski definition) is 2. The van der Waals surface area contributed by atoms with Crippen molar-refractivity contribution in [2.45, 2.75) is 45.2 Å². The van der Waals surface area contributed by atoms with Crippen LogP contribution in [0.4, 0.5) is 5.69 Å². The summed E-state index contributed by atoms with van der Waals surface area (Å²) < 4.78 is 0.888. The van der Waals surface area contributed by atoms with Crippen LogP contribution in [-0.4, -0.2) is 35.3 Å². The normalized spacial score (nSPS) is 21.5. The van der Waals surface area contributed by atoms with E-state index in [1.165, 1.54) is 0 Å². The summed E-state index contributed by atoms with van der Waals surface area (Å²) in [6.07, 6.45) is 2.51. The van der Waals surface area contributed by atoms with Crippen molar-refractivity contribution in [2.75, 3.05) is 11.4 Å². The van der Waals surface area contributed by atoms with Gasteiger partial charge in [-0.15, -0.1) is 0 Å². The van der Waals surface area contributed by atoms with Crippen LogP contribution in [0.15, 0.2) is 28.7 Å². The van der Waals surface area contributed by atoms with Gasteiger partial charge in [0.2, 0.25) is 11.8 Å². The van der Waals surface area contributed by atoms with Gasteiger partial charge in [-0.2, -0.15) is 0 Å². The molecule has 1 aliphatic heterocycles. The number of amides is 2. The molecule has 3 rings (SSSR count). The smallest absolute Gasteiger partial charge is 0.228 e. The van der Waals surface area contributed by atoms with Crippen LogP contribution < -0.4 is 4.90 Å². The summed E-state index contributed by atoms with van der Waals surface area (Å²) in [5.74, 6) is -0.0484. The van der Waals surface area contributed by atoms with Crippen LogP contribution in [0.5, 0.6) is 0 Å². The van der Waals surface area contributed by atoms with E-state index in [4.69, 9.17) is 0 Å². The van der Waals surface area contributed by atoms with E-state index in [1.54, 1.807) is 4.90 Å². The third-order valence-corrected chi connectivity index (χ3v) is 5.04. The summed E-state index contributed by atoms with van der Waals surface area (Å²) in [6, 6.07) is 8.25. The maximum Gasteiger partial charge on any atom is 0.228 e. The molecule has 1 saturated carbocycles. The fourth-order valence-corrected chi connectivity index (χ4v) is 3.69. The van der Waals surface area contributed by atoms with Gasteiger partial charge >= 0.3 is 0 Å². The Balaban J connectivity index is 1.77. The fraction of sp³-hybridized carbons (Fsp3) is 0.529. The summed E-state index contributed by atoms with van der Waals surface area (Å²) in [6.45, 7) is 4.59. The van der Waals surface area contributed by atoms with Gasteiger partial charge in [0.25, 0.3) is 0 Å². The first kappa shape index (κ1) is 15.5. The van der Waals surface area contributed by atoms with E-state index in [0.29, 0.717) is 19.0 Å². The molecular formula is C17H21BrN2O2. The highest BCUT2D eigenvalue weighted by molar-refractivity contribution is 9.10. The molecular weight excluding hydrogens is 344 g/mol. The van der Waals surface area contributed by atoms with Crippen LogP contribution >= 0.6 is 15.9 Å². The van der Waals surface area contributed by atoms with E-state index in [-0.39, 0.29) is 23.8 Å². The second kappa shape index (κ2) is 6.03. The molecule has 1 aromatic carbocycles. The quantitative estimate of drug-likeness (QED) is 0.822. The molecule has 1 aliphatic carbocycles. The average Bonchev–Trinajstić information content (AvgIpc) is 3.21. The van der Waals surface area contributed by atoms with Gasteiger partial charge in [0.05, 0.1) is 11.6 Å². The number of nitrogens with zero attached hydrogens (tertiary/aromatic N) is 2. The minimum atomic E-state index is -0.220. The van der Waals surface area contributed by atoms with Gasteiger partial charge in [0.1, 0.15) is 0 Å². The summed E-state index contributed by atoms with van der Waals surface area (Å²) in [5, 5.41) is 0. The number of halogens is 1. The average molecular weight is 365 g/mol. The second-order valence-corrected chi connectivity index (χ2v) is 7.28. The highest BCUT2D eigenvalue weighted by atomic mass is 79.9. The number of carbonyl (C=O) groups excluding carboxylic acids is 2. The monoisotopic (exact) mass is 364 g/mol. The Labute approximate surface area is 139 Å². The molecule has 2 amide bonds. The van der Waals surface area contributed by atoms with E-state index in [1.807, 2.05) is 29.2 Å². The molecule has 2 aliphatic rings. The Kier molecular flexibility index (Phi) is 4.26. The van der Waals surface area contributed by atoms with Gasteiger partial charge < -0.3 is 9.80 Å². The lowest BCUT2D eigenvalue weighted by atomic mass is 10.1. The third kappa shape index (κ3) is 2.91. The van der Waals surface area contributed by atoms with Gasteiger partial charge in [-0.1, -0.05) is 12.1 Å². The molecule has 118 valence electrons. The van der Waals surface area contributed by atoms with Crippen LogP contribution in [0.1, 0.15) is 33.1 Å². The Morgan fingerprint density at radius 1 is 1.32 bits per heavy atom. The number of benzene rings is 1. The molecule has 0 aromatic heterocycles. The SMILES string of the molecule is CC(C)N(C(=O)C1CC(=O)N(c2ccccc2Br)C1)C1CC1. The van der Waals surface area contributed by atoms with Gasteiger partial charge in [-0.3, -0.25) is 9.59 Å². The molecule has 1 saturated heterocycles. The number of para-hydroxylation sites is 1. The Morgan fingerprint density at radius 2 is 2.00 bits per heavy atom. The number of anilines is 1. The van der Waals surface area contributed by atoms with Crippen LogP contribution in [0, 0.1) is 5.92 Å². The molecule has 0 radical (unpaired) electrons. The first-order chi connectivity index (χ1) is 10.5. The van der Waals surface area contributed by atoms with Gasteiger partial charge in [-0.25, -0.2) is 0 Å². The van der Waals surface area contributed by atoms with Crippen LogP contribution in [-0.2, 0) is 9.59 Å². The molecule has 2 fully saturated rings. The summed E-state index contributed by atoms with van der Waals surface area (Å²) in [7, 11) is 0. The highest BCUT2D eigenvalue weighted by Gasteiger charge is 2.42. The minimum absolute atomic E-state index is 0.0322. The number of rotatable bonds is 4. The molecule has 1 unspecified atom stereocenters. The Hall–Kier alpha value is -1.36. The standard InChI is InChI=1S/C17H21BrN2O2/c1-11(2)20(13-7-8-13)17(22)12-9-16(21)19(10-12)15-6-4-3-5-14(15)18/h3-6,11-13H,7-10H2,1-2H3. The molecule has 1 heterocycles. The zero-order valence-corrected chi connectivity index (χ0v) is 14.5. The van der Waals surface area contributed by atoms with E-state index in [2.05, 4.69) is 29.8 Å². The molecule has 1 aromatic rings. The van der Waals surface area contributed by atoms with E-state index < -0.39 is 0 Å². The molecule has 0 N–H and O–H groups in total. The summed E-state index contributed by atoms with van der Waals surface area (Å²) in [5.41, 5.74) is 0.852. The van der Waals surface area contributed by atoms with Crippen molar-refractivity contribution < 1.29 is 9.59 Å². The minimum Gasteiger partial charge on any atom is -0.337 e. The maximum atomic E-state index is 12.8. The second-order valence-electron chi connectivity index (χ2n) is 6.43. The number of carbonyl (C=O) groups is 2. The van der Waals surface area contributed by atoms with Crippen molar-refractivity contribution in [2.24, 2.45) is 5.92 Å². The van der Waals surface area contributed by atoms with Crippen molar-refractivity contribution in [3.63, 3.8) is 0 Å². The highest BCUT2D eigenvalue weighted by Crippen LogP contribution is 2.35. The van der Waals surface area contributed by atoms with Crippen molar-refractivity contribution in [3.8, 4) is 0 Å². The Morgan fingerprint density at radius 3 is 2.59 bits per heavy atom. The zero-order chi connectivity index (χ0) is 15.9. The molecule has 0 spiro atoms. The van der Waals surface area contributed by atoms with Crippen molar-refractivity contribution in [1.82, 2.24) is 4.90 Å². The fourth-order valence-electron chi connectivity index (χ4n) is 3.20. The van der Waals surface area contributed by atoms with E-state index >= 15 is 0 Å². The molecule has 0 bridgehead atoms. The third-order valence-electron chi connectivity index (χ3n) is 4.37. The molecule has 4 nitrogen and oxygen atoms in total. The lowest BCUT2D eigenvalue weighted by molar-refractivity contribution is -0.138. The summed E-state index contributed by atoms with van der Waals surface area (Å²) >= 11 is 3.49. The van der Waals surface area contributed by atoms with Crippen molar-refractivity contribution in [3.05, 3.63) is 28.7 Å². The van der Waals surface area contributed by atoms with Crippen LogP contribution in [0.25, 0.3) is 0 Å². The van der Waals surface area contributed by atoms with E-state index in [0.717, 1.165) is 23.0 Å². The Bertz CT molecular complexity index is 596. The van der Waals surface area contributed by atoms with Crippen molar-refractivity contribution in [1.29, 1.82) is 0 Å². The van der Waals surface area contributed by atoms with Gasteiger partial charge in [-0.05, 0) is 54.8 Å². The molecule has 1 atom stereocenters. The van der Waals surface area contributed by atoms with Crippen molar-refractivity contribution >= 4 is 33.4 Å². The van der Waals surface area contributed by atoms with Gasteiger partial charge in [0, 0.05) is 29.5 Å². The molecule has 5 heteroatoms. The maximum absolute atomic E-state index is 12.8. The first-order valence-electron chi connectivity index (χ1n) is 7.86. The largest absolute Gasteiger partial charge is 0.337 e. The number of hydrogen-bond donors (Lipinski definition) is 0. The predicted octanol–water partition coefficient (Wildman–Crippen LogP) is 3.20. The topological polar surface area (TPSA) is 40.6 Å². The lowest BCUT2D eigenvalue weighted by Crippen LogP contribution is -2.43. The lowest BCUT2D eigenvalue weighted by Gasteiger charge is -2.29. The van der Waals surface area contributed by atoms with E-state index in [9.17, 15) is 9.59 Å². The molecule has 22 heavy (non-hydrogen) atoms. The van der Waals surface area contributed by atoms with Crippen LogP contribution in [0.3, 0.4) is 0 Å².